The highest BCUT2D eigenvalue weighted by atomic mass is 35.5. The molecule has 0 spiro atoms. The predicted molar refractivity (Wildman–Crippen MR) is 99.3 cm³/mol. The summed E-state index contributed by atoms with van der Waals surface area (Å²) in [5, 5.41) is 13.4. The first-order chi connectivity index (χ1) is 11.7. The summed E-state index contributed by atoms with van der Waals surface area (Å²) < 4.78 is 5.57. The quantitative estimate of drug-likeness (QED) is 0.754. The first-order valence-electron chi connectivity index (χ1n) is 8.62. The molecule has 1 aromatic carbocycles. The largest absolute Gasteiger partial charge is 0.492 e. The van der Waals surface area contributed by atoms with E-state index in [1.807, 2.05) is 24.0 Å². The van der Waals surface area contributed by atoms with Crippen LogP contribution in [0.25, 0.3) is 0 Å². The summed E-state index contributed by atoms with van der Waals surface area (Å²) in [5.41, 5.74) is -0.720. The van der Waals surface area contributed by atoms with Crippen molar-refractivity contribution in [2.24, 2.45) is 0 Å². The van der Waals surface area contributed by atoms with Gasteiger partial charge in [-0.15, -0.1) is 0 Å². The van der Waals surface area contributed by atoms with E-state index in [0.29, 0.717) is 37.0 Å². The molecule has 0 saturated carbocycles. The average molecular weight is 370 g/mol. The zero-order chi connectivity index (χ0) is 18.4. The second-order valence-electron chi connectivity index (χ2n) is 7.13. The van der Waals surface area contributed by atoms with Crippen LogP contribution in [0.1, 0.15) is 20.8 Å². The summed E-state index contributed by atoms with van der Waals surface area (Å²) in [7, 11) is 0. The van der Waals surface area contributed by atoms with E-state index in [9.17, 15) is 9.90 Å². The minimum atomic E-state index is -0.720. The summed E-state index contributed by atoms with van der Waals surface area (Å²) >= 11 is 5.90. The molecule has 1 atom stereocenters. The van der Waals surface area contributed by atoms with Gasteiger partial charge in [-0.1, -0.05) is 17.7 Å². The molecule has 1 fully saturated rings. The average Bonchev–Trinajstić information content (AvgIpc) is 2.50. The Morgan fingerprint density at radius 1 is 1.44 bits per heavy atom. The third-order valence-corrected chi connectivity index (χ3v) is 4.26. The standard InChI is InChI=1S/C18H28ClN3O3/c1-14-12-21(13-18(2,3)24)8-9-22(14)17(23)20-7-10-25-16-6-4-5-15(19)11-16/h4-6,11,14,24H,7-10,12-13H2,1-3H3,(H,20,23). The molecule has 1 unspecified atom stereocenters. The van der Waals surface area contributed by atoms with Gasteiger partial charge < -0.3 is 20.1 Å². The normalized spacial score (nSPS) is 18.9. The highest BCUT2D eigenvalue weighted by Gasteiger charge is 2.29. The molecule has 1 heterocycles. The second-order valence-corrected chi connectivity index (χ2v) is 7.56. The number of rotatable bonds is 6. The fourth-order valence-corrected chi connectivity index (χ4v) is 3.19. The number of nitrogens with one attached hydrogen (secondary N) is 1. The van der Waals surface area contributed by atoms with Crippen LogP contribution in [0, 0.1) is 0 Å². The number of aliphatic hydroxyl groups is 1. The van der Waals surface area contributed by atoms with Gasteiger partial charge in [0, 0.05) is 37.2 Å². The van der Waals surface area contributed by atoms with Crippen LogP contribution in [-0.4, -0.2) is 71.9 Å². The van der Waals surface area contributed by atoms with Crippen molar-refractivity contribution < 1.29 is 14.6 Å². The number of benzene rings is 1. The summed E-state index contributed by atoms with van der Waals surface area (Å²) in [5.74, 6) is 0.690. The molecule has 2 rings (SSSR count). The summed E-state index contributed by atoms with van der Waals surface area (Å²) in [6.45, 7) is 9.24. The Morgan fingerprint density at radius 3 is 2.84 bits per heavy atom. The smallest absolute Gasteiger partial charge is 0.317 e. The van der Waals surface area contributed by atoms with Crippen LogP contribution in [0.3, 0.4) is 0 Å². The van der Waals surface area contributed by atoms with Crippen LogP contribution in [-0.2, 0) is 0 Å². The van der Waals surface area contributed by atoms with Gasteiger partial charge in [0.1, 0.15) is 12.4 Å². The van der Waals surface area contributed by atoms with Gasteiger partial charge in [-0.25, -0.2) is 4.79 Å². The maximum absolute atomic E-state index is 12.3. The Balaban J connectivity index is 1.70. The molecule has 0 radical (unpaired) electrons. The molecule has 6 nitrogen and oxygen atoms in total. The monoisotopic (exact) mass is 369 g/mol. The topological polar surface area (TPSA) is 65.0 Å². The molecule has 0 aromatic heterocycles. The Bertz CT molecular complexity index is 577. The van der Waals surface area contributed by atoms with E-state index in [1.165, 1.54) is 0 Å². The molecule has 25 heavy (non-hydrogen) atoms. The lowest BCUT2D eigenvalue weighted by molar-refractivity contribution is 0.0119. The lowest BCUT2D eigenvalue weighted by atomic mass is 10.1. The Kier molecular flexibility index (Phi) is 6.93. The highest BCUT2D eigenvalue weighted by Crippen LogP contribution is 2.17. The fourth-order valence-electron chi connectivity index (χ4n) is 3.01. The number of hydrogen-bond acceptors (Lipinski definition) is 4. The number of urea groups is 1. The van der Waals surface area contributed by atoms with Crippen LogP contribution in [0.2, 0.25) is 5.02 Å². The van der Waals surface area contributed by atoms with Crippen molar-refractivity contribution >= 4 is 17.6 Å². The number of nitrogens with zero attached hydrogens (tertiary/aromatic N) is 2. The van der Waals surface area contributed by atoms with Gasteiger partial charge in [-0.2, -0.15) is 0 Å². The van der Waals surface area contributed by atoms with Crippen molar-refractivity contribution in [3.8, 4) is 5.75 Å². The summed E-state index contributed by atoms with van der Waals surface area (Å²) in [4.78, 5) is 16.4. The van der Waals surface area contributed by atoms with Crippen molar-refractivity contribution in [2.45, 2.75) is 32.4 Å². The molecule has 0 bridgehead atoms. The number of β-amino-alcohol motifs (C(OH)–C–C–N with tert-alkyl or cyclic N) is 1. The Labute approximate surface area is 154 Å². The van der Waals surface area contributed by atoms with E-state index in [0.717, 1.165) is 13.1 Å². The van der Waals surface area contributed by atoms with Crippen molar-refractivity contribution in [1.29, 1.82) is 0 Å². The van der Waals surface area contributed by atoms with Crippen molar-refractivity contribution in [3.63, 3.8) is 0 Å². The summed E-state index contributed by atoms with van der Waals surface area (Å²) in [6, 6.07) is 7.21. The van der Waals surface area contributed by atoms with Crippen LogP contribution in [0.5, 0.6) is 5.75 Å². The minimum absolute atomic E-state index is 0.0786. The van der Waals surface area contributed by atoms with Crippen LogP contribution < -0.4 is 10.1 Å². The van der Waals surface area contributed by atoms with Gasteiger partial charge in [0.15, 0.2) is 0 Å². The molecular formula is C18H28ClN3O3. The highest BCUT2D eigenvalue weighted by molar-refractivity contribution is 6.30. The fraction of sp³-hybridized carbons (Fsp3) is 0.611. The predicted octanol–water partition coefficient (Wildman–Crippen LogP) is 2.21. The van der Waals surface area contributed by atoms with Gasteiger partial charge in [0.05, 0.1) is 12.1 Å². The molecule has 1 aromatic rings. The molecule has 1 aliphatic rings. The third kappa shape index (κ3) is 6.72. The number of carbonyl (C=O) groups is 1. The molecule has 0 aliphatic carbocycles. The maximum atomic E-state index is 12.3. The SMILES string of the molecule is CC1CN(CC(C)(C)O)CCN1C(=O)NCCOc1cccc(Cl)c1. The van der Waals surface area contributed by atoms with Gasteiger partial charge in [-0.3, -0.25) is 4.90 Å². The number of hydrogen-bond donors (Lipinski definition) is 2. The third-order valence-electron chi connectivity index (χ3n) is 4.03. The first kappa shape index (κ1) is 19.8. The zero-order valence-corrected chi connectivity index (χ0v) is 15.9. The van der Waals surface area contributed by atoms with Crippen molar-refractivity contribution in [3.05, 3.63) is 29.3 Å². The Morgan fingerprint density at radius 2 is 2.20 bits per heavy atom. The molecule has 7 heteroatoms. The molecule has 2 amide bonds. The molecule has 140 valence electrons. The molecular weight excluding hydrogens is 342 g/mol. The summed E-state index contributed by atoms with van der Waals surface area (Å²) in [6.07, 6.45) is 0. The number of piperazine rings is 1. The van der Waals surface area contributed by atoms with E-state index in [-0.39, 0.29) is 12.1 Å². The van der Waals surface area contributed by atoms with E-state index >= 15 is 0 Å². The molecule has 2 N–H and O–H groups in total. The van der Waals surface area contributed by atoms with Gasteiger partial charge in [0.2, 0.25) is 0 Å². The number of carbonyl (C=O) groups excluding carboxylic acids is 1. The van der Waals surface area contributed by atoms with Crippen molar-refractivity contribution in [2.75, 3.05) is 39.3 Å². The van der Waals surface area contributed by atoms with Gasteiger partial charge in [0.25, 0.3) is 0 Å². The number of amides is 2. The minimum Gasteiger partial charge on any atom is -0.492 e. The number of ether oxygens (including phenoxy) is 1. The van der Waals surface area contributed by atoms with E-state index in [4.69, 9.17) is 16.3 Å². The lowest BCUT2D eigenvalue weighted by Crippen LogP contribution is -2.58. The zero-order valence-electron chi connectivity index (χ0n) is 15.2. The van der Waals surface area contributed by atoms with E-state index < -0.39 is 5.60 Å². The second kappa shape index (κ2) is 8.74. The van der Waals surface area contributed by atoms with Gasteiger partial charge in [-0.05, 0) is 39.0 Å². The number of halogens is 1. The van der Waals surface area contributed by atoms with Crippen LogP contribution >= 0.6 is 11.6 Å². The maximum Gasteiger partial charge on any atom is 0.317 e. The van der Waals surface area contributed by atoms with Gasteiger partial charge >= 0.3 is 6.03 Å². The van der Waals surface area contributed by atoms with E-state index in [1.54, 1.807) is 26.0 Å². The first-order valence-corrected chi connectivity index (χ1v) is 9.00. The van der Waals surface area contributed by atoms with Crippen LogP contribution in [0.15, 0.2) is 24.3 Å². The lowest BCUT2D eigenvalue weighted by Gasteiger charge is -2.41. The molecule has 1 aliphatic heterocycles. The van der Waals surface area contributed by atoms with Crippen LogP contribution in [0.4, 0.5) is 4.79 Å². The molecule has 1 saturated heterocycles. The Hall–Kier alpha value is -1.50. The van der Waals surface area contributed by atoms with Crippen molar-refractivity contribution in [1.82, 2.24) is 15.1 Å². The van der Waals surface area contributed by atoms with E-state index in [2.05, 4.69) is 10.2 Å².